The quantitative estimate of drug-likeness (QED) is 0.235. The largest absolute Gasteiger partial charge is 0.356 e. The number of carbonyl (C=O) groups excluding carboxylic acids is 2. The van der Waals surface area contributed by atoms with Gasteiger partial charge in [0.05, 0.1) is 13.1 Å². The van der Waals surface area contributed by atoms with Crippen LogP contribution in [0.4, 0.5) is 0 Å². The van der Waals surface area contributed by atoms with E-state index < -0.39 is 0 Å². The fraction of sp³-hybridized carbons (Fsp3) is 0.923. The van der Waals surface area contributed by atoms with Crippen LogP contribution in [0.15, 0.2) is 0 Å². The molecule has 6 heteroatoms. The zero-order chi connectivity index (χ0) is 23.6. The van der Waals surface area contributed by atoms with E-state index in [9.17, 15) is 9.59 Å². The molecular weight excluding hydrogens is 400 g/mol. The van der Waals surface area contributed by atoms with E-state index in [1.807, 2.05) is 0 Å². The molecule has 1 rings (SSSR count). The van der Waals surface area contributed by atoms with Crippen LogP contribution in [0.2, 0.25) is 0 Å². The van der Waals surface area contributed by atoms with Gasteiger partial charge < -0.3 is 20.4 Å². The van der Waals surface area contributed by atoms with Crippen LogP contribution in [0, 0.1) is 11.8 Å². The van der Waals surface area contributed by atoms with E-state index in [4.69, 9.17) is 0 Å². The zero-order valence-electron chi connectivity index (χ0n) is 21.7. The normalized spacial score (nSPS) is 20.5. The average molecular weight is 455 g/mol. The molecule has 1 aliphatic heterocycles. The van der Waals surface area contributed by atoms with Crippen LogP contribution in [-0.2, 0) is 9.59 Å². The van der Waals surface area contributed by atoms with Crippen molar-refractivity contribution in [1.29, 1.82) is 0 Å². The van der Waals surface area contributed by atoms with Crippen molar-refractivity contribution in [3.8, 4) is 0 Å². The van der Waals surface area contributed by atoms with Gasteiger partial charge in [-0.05, 0) is 25.7 Å². The number of nitrogens with one attached hydrogen (secondary N) is 4. The molecule has 32 heavy (non-hydrogen) atoms. The van der Waals surface area contributed by atoms with Crippen LogP contribution in [0.5, 0.6) is 0 Å². The molecule has 2 amide bonds. The summed E-state index contributed by atoms with van der Waals surface area (Å²) in [5.74, 6) is 0.910. The first kappa shape index (κ1) is 28.9. The Labute approximate surface area is 198 Å². The molecule has 0 aliphatic carbocycles. The number of rotatable bonds is 18. The smallest absolute Gasteiger partial charge is 0.223 e. The lowest BCUT2D eigenvalue weighted by molar-refractivity contribution is -1.01. The molecule has 6 nitrogen and oxygen atoms in total. The number of carbonyl (C=O) groups is 2. The van der Waals surface area contributed by atoms with Crippen molar-refractivity contribution in [2.24, 2.45) is 11.8 Å². The number of piperazine rings is 1. The summed E-state index contributed by atoms with van der Waals surface area (Å²) < 4.78 is 0. The van der Waals surface area contributed by atoms with E-state index in [-0.39, 0.29) is 23.7 Å². The van der Waals surface area contributed by atoms with E-state index in [2.05, 4.69) is 38.3 Å². The molecule has 0 bridgehead atoms. The maximum absolute atomic E-state index is 12.3. The van der Waals surface area contributed by atoms with Crippen molar-refractivity contribution in [2.45, 2.75) is 91.9 Å². The highest BCUT2D eigenvalue weighted by Crippen LogP contribution is 2.13. The third kappa shape index (κ3) is 12.2. The standard InChI is InChI=1S/C26H52N4O2/c1-5-9-13-23(7-3)25(31)27-15-11-17-29-19-21-30(22-20-29)18-12-16-28-26(32)24(8-4)14-10-6-2/h23-24H,5-22H2,1-4H3,(H,27,31)(H,28,32)/p+2/t23-,24-/m1/s1. The summed E-state index contributed by atoms with van der Waals surface area (Å²) in [6.07, 6.45) is 10.7. The van der Waals surface area contributed by atoms with Gasteiger partial charge in [0, 0.05) is 37.8 Å². The second-order valence-corrected chi connectivity index (χ2v) is 9.78. The van der Waals surface area contributed by atoms with Crippen molar-refractivity contribution < 1.29 is 19.4 Å². The molecule has 0 saturated carbocycles. The first-order chi connectivity index (χ1) is 15.5. The Bertz CT molecular complexity index is 448. The first-order valence-corrected chi connectivity index (χ1v) is 13.8. The lowest BCUT2D eigenvalue weighted by Gasteiger charge is -2.29. The molecule has 0 spiro atoms. The van der Waals surface area contributed by atoms with E-state index in [0.29, 0.717) is 0 Å². The van der Waals surface area contributed by atoms with E-state index in [1.165, 1.54) is 26.2 Å². The number of hydrogen-bond acceptors (Lipinski definition) is 2. The van der Waals surface area contributed by atoms with Crippen LogP contribution in [0.1, 0.15) is 91.9 Å². The van der Waals surface area contributed by atoms with Gasteiger partial charge in [0.15, 0.2) is 0 Å². The van der Waals surface area contributed by atoms with Gasteiger partial charge in [0.1, 0.15) is 26.2 Å². The number of amides is 2. The molecule has 188 valence electrons. The van der Waals surface area contributed by atoms with E-state index in [1.54, 1.807) is 9.80 Å². The van der Waals surface area contributed by atoms with Gasteiger partial charge in [0.2, 0.25) is 11.8 Å². The molecule has 1 heterocycles. The summed E-state index contributed by atoms with van der Waals surface area (Å²) in [7, 11) is 0. The van der Waals surface area contributed by atoms with Crippen LogP contribution >= 0.6 is 0 Å². The van der Waals surface area contributed by atoms with Crippen molar-refractivity contribution in [2.75, 3.05) is 52.4 Å². The minimum Gasteiger partial charge on any atom is -0.356 e. The predicted octanol–water partition coefficient (Wildman–Crippen LogP) is 1.22. The number of hydrogen-bond donors (Lipinski definition) is 4. The highest BCUT2D eigenvalue weighted by molar-refractivity contribution is 5.78. The Hall–Kier alpha value is -1.14. The maximum atomic E-state index is 12.3. The van der Waals surface area contributed by atoms with Crippen molar-refractivity contribution in [3.63, 3.8) is 0 Å². The molecule has 0 aromatic rings. The van der Waals surface area contributed by atoms with Gasteiger partial charge in [0.25, 0.3) is 0 Å². The summed E-state index contributed by atoms with van der Waals surface area (Å²) in [6.45, 7) is 17.4. The predicted molar refractivity (Wildman–Crippen MR) is 133 cm³/mol. The van der Waals surface area contributed by atoms with Crippen molar-refractivity contribution in [1.82, 2.24) is 10.6 Å². The van der Waals surface area contributed by atoms with Crippen LogP contribution < -0.4 is 20.4 Å². The minimum atomic E-state index is 0.198. The Morgan fingerprint density at radius 2 is 1.03 bits per heavy atom. The number of quaternary nitrogens is 2. The van der Waals surface area contributed by atoms with Crippen LogP contribution in [0.3, 0.4) is 0 Å². The zero-order valence-corrected chi connectivity index (χ0v) is 21.7. The summed E-state index contributed by atoms with van der Waals surface area (Å²) >= 11 is 0. The molecule has 1 aliphatic rings. The molecule has 0 unspecified atom stereocenters. The maximum Gasteiger partial charge on any atom is 0.223 e. The minimum absolute atomic E-state index is 0.198. The van der Waals surface area contributed by atoms with Crippen molar-refractivity contribution >= 4 is 11.8 Å². The Kier molecular flexibility index (Phi) is 16.5. The monoisotopic (exact) mass is 454 g/mol. The second-order valence-electron chi connectivity index (χ2n) is 9.78. The average Bonchev–Trinajstić information content (AvgIpc) is 2.81. The first-order valence-electron chi connectivity index (χ1n) is 13.8. The molecule has 0 aromatic heterocycles. The van der Waals surface area contributed by atoms with Crippen LogP contribution in [0.25, 0.3) is 0 Å². The summed E-state index contributed by atoms with van der Waals surface area (Å²) in [5.41, 5.74) is 0. The van der Waals surface area contributed by atoms with Crippen LogP contribution in [-0.4, -0.2) is 64.2 Å². The molecular formula is C26H54N4O2+2. The third-order valence-corrected chi connectivity index (χ3v) is 7.22. The number of unbranched alkanes of at least 4 members (excludes halogenated alkanes) is 2. The van der Waals surface area contributed by atoms with Gasteiger partial charge in [-0.15, -0.1) is 0 Å². The molecule has 0 radical (unpaired) electrons. The highest BCUT2D eigenvalue weighted by atomic mass is 16.2. The van der Waals surface area contributed by atoms with Gasteiger partial charge in [-0.3, -0.25) is 9.59 Å². The summed E-state index contributed by atoms with van der Waals surface area (Å²) in [4.78, 5) is 27.9. The fourth-order valence-electron chi connectivity index (χ4n) is 4.79. The third-order valence-electron chi connectivity index (χ3n) is 7.22. The topological polar surface area (TPSA) is 67.1 Å². The van der Waals surface area contributed by atoms with E-state index in [0.717, 1.165) is 90.4 Å². The van der Waals surface area contributed by atoms with Gasteiger partial charge in [-0.1, -0.05) is 53.4 Å². The summed E-state index contributed by atoms with van der Waals surface area (Å²) in [6, 6.07) is 0. The molecule has 0 aromatic carbocycles. The SMILES string of the molecule is CCCC[C@@H](CC)C(=O)NCCC[NH+]1CC[NH+](CCCNC(=O)[C@H](CC)CCCC)CC1. The molecule has 2 atom stereocenters. The fourth-order valence-corrected chi connectivity index (χ4v) is 4.79. The van der Waals surface area contributed by atoms with Crippen molar-refractivity contribution in [3.05, 3.63) is 0 Å². The summed E-state index contributed by atoms with van der Waals surface area (Å²) in [5, 5.41) is 6.33. The Morgan fingerprint density at radius 1 is 0.656 bits per heavy atom. The van der Waals surface area contributed by atoms with Gasteiger partial charge in [-0.2, -0.15) is 0 Å². The molecule has 1 fully saturated rings. The lowest BCUT2D eigenvalue weighted by atomic mass is 9.98. The van der Waals surface area contributed by atoms with E-state index >= 15 is 0 Å². The molecule has 4 N–H and O–H groups in total. The lowest BCUT2D eigenvalue weighted by Crippen LogP contribution is -3.28. The second kappa shape index (κ2) is 18.3. The Balaban J connectivity index is 2.09. The van der Waals surface area contributed by atoms with Gasteiger partial charge >= 0.3 is 0 Å². The Morgan fingerprint density at radius 3 is 1.34 bits per heavy atom. The molecule has 1 saturated heterocycles. The highest BCUT2D eigenvalue weighted by Gasteiger charge is 2.22. The van der Waals surface area contributed by atoms with Gasteiger partial charge in [-0.25, -0.2) is 0 Å².